The summed E-state index contributed by atoms with van der Waals surface area (Å²) in [6, 6.07) is 15.8. The van der Waals surface area contributed by atoms with E-state index in [1.807, 2.05) is 61.7 Å². The number of nitrogens with zero attached hydrogens (tertiary/aromatic N) is 3. The number of hydrogen-bond donors (Lipinski definition) is 1. The molecule has 0 saturated carbocycles. The van der Waals surface area contributed by atoms with E-state index in [-0.39, 0.29) is 11.2 Å². The lowest BCUT2D eigenvalue weighted by Gasteiger charge is -2.15. The van der Waals surface area contributed by atoms with Crippen molar-refractivity contribution < 1.29 is 9.53 Å². The van der Waals surface area contributed by atoms with Gasteiger partial charge in [-0.1, -0.05) is 48.2 Å². The molecule has 1 N–H and O–H groups in total. The number of nitrogens with one attached hydrogen (secondary N) is 1. The summed E-state index contributed by atoms with van der Waals surface area (Å²) in [5, 5.41) is 11.8. The number of carbonyl (C=O) groups is 1. The Morgan fingerprint density at radius 3 is 2.64 bits per heavy atom. The number of benzene rings is 2. The first-order chi connectivity index (χ1) is 13.5. The lowest BCUT2D eigenvalue weighted by Crippen LogP contribution is -2.23. The van der Waals surface area contributed by atoms with E-state index in [4.69, 9.17) is 4.74 Å². The fourth-order valence-electron chi connectivity index (χ4n) is 2.76. The molecule has 146 valence electrons. The van der Waals surface area contributed by atoms with Crippen LogP contribution < -0.4 is 10.1 Å². The summed E-state index contributed by atoms with van der Waals surface area (Å²) in [5.74, 6) is 1.35. The molecule has 1 heterocycles. The number of carbonyl (C=O) groups excluding carboxylic acids is 1. The number of thioether (sulfide) groups is 1. The van der Waals surface area contributed by atoms with Crippen LogP contribution in [0.1, 0.15) is 23.9 Å². The predicted octanol–water partition coefficient (Wildman–Crippen LogP) is 4.07. The highest BCUT2D eigenvalue weighted by atomic mass is 32.2. The van der Waals surface area contributed by atoms with Crippen LogP contribution in [0.5, 0.6) is 5.75 Å². The van der Waals surface area contributed by atoms with Crippen LogP contribution in [0, 0.1) is 13.8 Å². The molecule has 0 spiro atoms. The largest absolute Gasteiger partial charge is 0.495 e. The second kappa shape index (κ2) is 8.93. The van der Waals surface area contributed by atoms with Gasteiger partial charge in [0.05, 0.1) is 24.6 Å². The van der Waals surface area contributed by atoms with E-state index < -0.39 is 0 Å². The number of amides is 1. The highest BCUT2D eigenvalue weighted by Gasteiger charge is 2.20. The van der Waals surface area contributed by atoms with Crippen LogP contribution in [0.25, 0.3) is 0 Å². The van der Waals surface area contributed by atoms with Gasteiger partial charge in [-0.25, -0.2) is 0 Å². The van der Waals surface area contributed by atoms with Gasteiger partial charge in [-0.2, -0.15) is 0 Å². The first kappa shape index (κ1) is 19.9. The van der Waals surface area contributed by atoms with Crippen LogP contribution in [0.3, 0.4) is 0 Å². The lowest BCUT2D eigenvalue weighted by atomic mass is 10.2. The molecule has 3 rings (SSSR count). The maximum atomic E-state index is 12.7. The molecular formula is C21H24N4O2S. The first-order valence-corrected chi connectivity index (χ1v) is 9.91. The first-order valence-electron chi connectivity index (χ1n) is 9.04. The van der Waals surface area contributed by atoms with Gasteiger partial charge >= 0.3 is 0 Å². The van der Waals surface area contributed by atoms with Gasteiger partial charge in [0.25, 0.3) is 0 Å². The maximum Gasteiger partial charge on any atom is 0.237 e. The van der Waals surface area contributed by atoms with Crippen molar-refractivity contribution in [3.63, 3.8) is 0 Å². The van der Waals surface area contributed by atoms with Crippen LogP contribution in [0.2, 0.25) is 0 Å². The third-order valence-corrected chi connectivity index (χ3v) is 5.43. The molecule has 2 aromatic carbocycles. The van der Waals surface area contributed by atoms with Crippen LogP contribution in [-0.2, 0) is 11.3 Å². The van der Waals surface area contributed by atoms with Crippen molar-refractivity contribution in [2.45, 2.75) is 37.7 Å². The van der Waals surface area contributed by atoms with Gasteiger partial charge in [-0.3, -0.25) is 4.79 Å². The van der Waals surface area contributed by atoms with Gasteiger partial charge in [0, 0.05) is 0 Å². The Kier molecular flexibility index (Phi) is 6.36. The van der Waals surface area contributed by atoms with E-state index in [0.29, 0.717) is 18.0 Å². The zero-order chi connectivity index (χ0) is 20.1. The zero-order valence-electron chi connectivity index (χ0n) is 16.5. The number of anilines is 1. The number of aromatic nitrogens is 3. The minimum Gasteiger partial charge on any atom is -0.495 e. The minimum absolute atomic E-state index is 0.110. The molecule has 1 atom stereocenters. The van der Waals surface area contributed by atoms with Crippen molar-refractivity contribution in [2.75, 3.05) is 12.4 Å². The third kappa shape index (κ3) is 4.72. The summed E-state index contributed by atoms with van der Waals surface area (Å²) in [4.78, 5) is 12.7. The number of hydrogen-bond acceptors (Lipinski definition) is 5. The van der Waals surface area contributed by atoms with Crippen molar-refractivity contribution in [1.82, 2.24) is 14.8 Å². The van der Waals surface area contributed by atoms with E-state index in [0.717, 1.165) is 22.1 Å². The molecule has 1 aromatic heterocycles. The van der Waals surface area contributed by atoms with E-state index in [9.17, 15) is 4.79 Å². The van der Waals surface area contributed by atoms with Crippen LogP contribution in [-0.4, -0.2) is 33.0 Å². The Bertz CT molecular complexity index is 956. The van der Waals surface area contributed by atoms with E-state index in [1.165, 1.54) is 11.8 Å². The molecule has 0 aliphatic heterocycles. The van der Waals surface area contributed by atoms with Gasteiger partial charge in [0.15, 0.2) is 5.16 Å². The van der Waals surface area contributed by atoms with Crippen molar-refractivity contribution >= 4 is 23.4 Å². The van der Waals surface area contributed by atoms with Gasteiger partial charge in [0.1, 0.15) is 11.6 Å². The SMILES string of the molecule is COc1ccc(C)cc1NC(=O)[C@@H](C)Sc1nnc(C)n1Cc1ccccc1. The summed E-state index contributed by atoms with van der Waals surface area (Å²) in [7, 11) is 1.59. The number of methoxy groups -OCH3 is 1. The summed E-state index contributed by atoms with van der Waals surface area (Å²) in [6.07, 6.45) is 0. The van der Waals surface area contributed by atoms with Crippen molar-refractivity contribution in [1.29, 1.82) is 0 Å². The zero-order valence-corrected chi connectivity index (χ0v) is 17.3. The molecule has 7 heteroatoms. The Hall–Kier alpha value is -2.80. The number of rotatable bonds is 7. The monoisotopic (exact) mass is 396 g/mol. The third-order valence-electron chi connectivity index (χ3n) is 4.35. The Morgan fingerprint density at radius 1 is 1.18 bits per heavy atom. The summed E-state index contributed by atoms with van der Waals surface area (Å²) in [5.41, 5.74) is 2.88. The van der Waals surface area contributed by atoms with Crippen LogP contribution >= 0.6 is 11.8 Å². The minimum atomic E-state index is -0.344. The molecule has 0 bridgehead atoms. The summed E-state index contributed by atoms with van der Waals surface area (Å²) < 4.78 is 7.36. The standard InChI is InChI=1S/C21H24N4O2S/c1-14-10-11-19(27-4)18(12-14)22-20(26)15(2)28-21-24-23-16(3)25(21)13-17-8-6-5-7-9-17/h5-12,15H,13H2,1-4H3,(H,22,26)/t15-/m1/s1. The highest BCUT2D eigenvalue weighted by molar-refractivity contribution is 8.00. The van der Waals surface area contributed by atoms with Crippen molar-refractivity contribution in [3.8, 4) is 5.75 Å². The topological polar surface area (TPSA) is 69.0 Å². The molecule has 0 aliphatic rings. The smallest absolute Gasteiger partial charge is 0.237 e. The van der Waals surface area contributed by atoms with Crippen molar-refractivity contribution in [2.24, 2.45) is 0 Å². The molecular weight excluding hydrogens is 372 g/mol. The molecule has 0 saturated heterocycles. The van der Waals surface area contributed by atoms with Gasteiger partial charge in [0.2, 0.25) is 5.91 Å². The molecule has 0 unspecified atom stereocenters. The number of aryl methyl sites for hydroxylation is 2. The summed E-state index contributed by atoms with van der Waals surface area (Å²) in [6.45, 7) is 6.42. The molecule has 6 nitrogen and oxygen atoms in total. The second-order valence-corrected chi connectivity index (χ2v) is 7.86. The number of ether oxygens (including phenoxy) is 1. The fourth-order valence-corrected chi connectivity index (χ4v) is 3.66. The van der Waals surface area contributed by atoms with Gasteiger partial charge < -0.3 is 14.6 Å². The maximum absolute atomic E-state index is 12.7. The quantitative estimate of drug-likeness (QED) is 0.610. The molecule has 28 heavy (non-hydrogen) atoms. The average molecular weight is 397 g/mol. The molecule has 1 amide bonds. The lowest BCUT2D eigenvalue weighted by molar-refractivity contribution is -0.115. The molecule has 3 aromatic rings. The Labute approximate surface area is 169 Å². The van der Waals surface area contributed by atoms with Crippen molar-refractivity contribution in [3.05, 3.63) is 65.5 Å². The molecule has 0 radical (unpaired) electrons. The van der Waals surface area contributed by atoms with E-state index in [2.05, 4.69) is 27.6 Å². The second-order valence-electron chi connectivity index (χ2n) is 6.55. The normalized spacial score (nSPS) is 11.9. The van der Waals surface area contributed by atoms with E-state index in [1.54, 1.807) is 7.11 Å². The molecule has 0 aliphatic carbocycles. The molecule has 0 fully saturated rings. The Balaban J connectivity index is 1.72. The summed E-state index contributed by atoms with van der Waals surface area (Å²) >= 11 is 1.39. The van der Waals surface area contributed by atoms with Crippen LogP contribution in [0.4, 0.5) is 5.69 Å². The predicted molar refractivity (Wildman–Crippen MR) is 112 cm³/mol. The Morgan fingerprint density at radius 2 is 1.93 bits per heavy atom. The average Bonchev–Trinajstić information content (AvgIpc) is 3.02. The highest BCUT2D eigenvalue weighted by Crippen LogP contribution is 2.28. The van der Waals surface area contributed by atoms with E-state index >= 15 is 0 Å². The van der Waals surface area contributed by atoms with Gasteiger partial charge in [-0.15, -0.1) is 10.2 Å². The van der Waals surface area contributed by atoms with Crippen LogP contribution in [0.15, 0.2) is 53.7 Å². The fraction of sp³-hybridized carbons (Fsp3) is 0.286. The van der Waals surface area contributed by atoms with Gasteiger partial charge in [-0.05, 0) is 44.0 Å².